The second-order valence-electron chi connectivity index (χ2n) is 7.01. The summed E-state index contributed by atoms with van der Waals surface area (Å²) in [5.41, 5.74) is 3.19. The molecule has 0 saturated carbocycles. The molecule has 0 radical (unpaired) electrons. The van der Waals surface area contributed by atoms with Crippen molar-refractivity contribution in [2.45, 2.75) is 6.92 Å². The molecule has 7 heteroatoms. The van der Waals surface area contributed by atoms with E-state index in [9.17, 15) is 9.18 Å². The second-order valence-corrected chi connectivity index (χ2v) is 7.01. The van der Waals surface area contributed by atoms with Crippen LogP contribution in [-0.2, 0) is 0 Å². The molecule has 0 aliphatic carbocycles. The number of amides is 1. The van der Waals surface area contributed by atoms with Crippen LogP contribution in [0, 0.1) is 12.7 Å². The molecule has 2 heterocycles. The molecule has 4 rings (SSSR count). The molecule has 0 unspecified atom stereocenters. The minimum Gasteiger partial charge on any atom is -0.368 e. The van der Waals surface area contributed by atoms with E-state index in [1.165, 1.54) is 12.1 Å². The Kier molecular flexibility index (Phi) is 5.37. The van der Waals surface area contributed by atoms with Gasteiger partial charge in [0.1, 0.15) is 11.5 Å². The first kappa shape index (κ1) is 18.9. The van der Waals surface area contributed by atoms with Gasteiger partial charge in [-0.3, -0.25) is 4.79 Å². The molecule has 1 aromatic heterocycles. The fraction of sp³-hybridized carbons (Fsp3) is 0.227. The number of nitrogens with one attached hydrogen (secondary N) is 1. The van der Waals surface area contributed by atoms with E-state index >= 15 is 0 Å². The molecular formula is C22H22FN5O. The van der Waals surface area contributed by atoms with Crippen molar-refractivity contribution in [1.82, 2.24) is 9.97 Å². The van der Waals surface area contributed by atoms with Gasteiger partial charge in [-0.25, -0.2) is 14.4 Å². The maximum atomic E-state index is 13.1. The lowest BCUT2D eigenvalue weighted by molar-refractivity contribution is 0.102. The molecule has 6 nitrogen and oxygen atoms in total. The lowest BCUT2D eigenvalue weighted by atomic mass is 10.2. The Balaban J connectivity index is 1.40. The Morgan fingerprint density at radius 2 is 1.59 bits per heavy atom. The van der Waals surface area contributed by atoms with Crippen LogP contribution >= 0.6 is 0 Å². The van der Waals surface area contributed by atoms with Gasteiger partial charge in [-0.15, -0.1) is 0 Å². The van der Waals surface area contributed by atoms with Gasteiger partial charge in [-0.1, -0.05) is 17.7 Å². The van der Waals surface area contributed by atoms with Crippen molar-refractivity contribution in [3.8, 4) is 0 Å². The normalized spacial score (nSPS) is 14.0. The standard InChI is InChI=1S/C22H22FN5O/c1-16-2-6-18(7-3-16)25-21(29)20-10-11-24-22(26-20)28-14-12-27(13-15-28)19-8-4-17(23)5-9-19/h2-11H,12-15H2,1H3,(H,25,29). The molecule has 148 valence electrons. The number of carbonyl (C=O) groups excluding carboxylic acids is 1. The monoisotopic (exact) mass is 391 g/mol. The first-order chi connectivity index (χ1) is 14.1. The minimum absolute atomic E-state index is 0.235. The van der Waals surface area contributed by atoms with E-state index in [2.05, 4.69) is 25.1 Å². The summed E-state index contributed by atoms with van der Waals surface area (Å²) in [5.74, 6) is 0.0456. The zero-order chi connectivity index (χ0) is 20.2. The summed E-state index contributed by atoms with van der Waals surface area (Å²) in [6.07, 6.45) is 1.61. The zero-order valence-electron chi connectivity index (χ0n) is 16.2. The molecule has 1 aliphatic heterocycles. The quantitative estimate of drug-likeness (QED) is 0.738. The van der Waals surface area contributed by atoms with Crippen molar-refractivity contribution in [1.29, 1.82) is 0 Å². The molecule has 1 amide bonds. The van der Waals surface area contributed by atoms with Gasteiger partial charge < -0.3 is 15.1 Å². The molecular weight excluding hydrogens is 369 g/mol. The van der Waals surface area contributed by atoms with Crippen LogP contribution in [0.4, 0.5) is 21.7 Å². The topological polar surface area (TPSA) is 61.4 Å². The smallest absolute Gasteiger partial charge is 0.274 e. The van der Waals surface area contributed by atoms with E-state index in [-0.39, 0.29) is 11.7 Å². The Hall–Kier alpha value is -3.48. The molecule has 0 spiro atoms. The average Bonchev–Trinajstić information content (AvgIpc) is 2.76. The Morgan fingerprint density at radius 3 is 2.28 bits per heavy atom. The molecule has 2 aromatic carbocycles. The fourth-order valence-electron chi connectivity index (χ4n) is 3.28. The molecule has 1 fully saturated rings. The van der Waals surface area contributed by atoms with Crippen molar-refractivity contribution in [2.24, 2.45) is 0 Å². The van der Waals surface area contributed by atoms with Crippen LogP contribution in [0.15, 0.2) is 60.8 Å². The van der Waals surface area contributed by atoms with Crippen molar-refractivity contribution >= 4 is 23.2 Å². The van der Waals surface area contributed by atoms with Gasteiger partial charge in [0.15, 0.2) is 0 Å². The van der Waals surface area contributed by atoms with E-state index in [1.54, 1.807) is 24.4 Å². The first-order valence-electron chi connectivity index (χ1n) is 9.55. The van der Waals surface area contributed by atoms with Gasteiger partial charge >= 0.3 is 0 Å². The summed E-state index contributed by atoms with van der Waals surface area (Å²) in [4.78, 5) is 25.6. The molecule has 3 aromatic rings. The molecule has 1 saturated heterocycles. The van der Waals surface area contributed by atoms with Crippen molar-refractivity contribution < 1.29 is 9.18 Å². The van der Waals surface area contributed by atoms with Gasteiger partial charge in [-0.05, 0) is 49.4 Å². The highest BCUT2D eigenvalue weighted by molar-refractivity contribution is 6.02. The lowest BCUT2D eigenvalue weighted by Crippen LogP contribution is -2.47. The lowest BCUT2D eigenvalue weighted by Gasteiger charge is -2.36. The number of rotatable bonds is 4. The summed E-state index contributed by atoms with van der Waals surface area (Å²) in [5, 5.41) is 2.86. The highest BCUT2D eigenvalue weighted by atomic mass is 19.1. The third kappa shape index (κ3) is 4.51. The first-order valence-corrected chi connectivity index (χ1v) is 9.55. The number of nitrogens with zero attached hydrogens (tertiary/aromatic N) is 4. The molecule has 0 atom stereocenters. The van der Waals surface area contributed by atoms with E-state index < -0.39 is 0 Å². The SMILES string of the molecule is Cc1ccc(NC(=O)c2ccnc(N3CCN(c4ccc(F)cc4)CC3)n2)cc1. The van der Waals surface area contributed by atoms with Crippen LogP contribution in [0.25, 0.3) is 0 Å². The third-order valence-electron chi connectivity index (χ3n) is 4.94. The maximum absolute atomic E-state index is 13.1. The Bertz CT molecular complexity index is 983. The number of hydrogen-bond donors (Lipinski definition) is 1. The summed E-state index contributed by atoms with van der Waals surface area (Å²) in [7, 11) is 0. The predicted molar refractivity (Wildman–Crippen MR) is 112 cm³/mol. The van der Waals surface area contributed by atoms with Crippen LogP contribution in [0.2, 0.25) is 0 Å². The van der Waals surface area contributed by atoms with Crippen molar-refractivity contribution in [2.75, 3.05) is 41.3 Å². The third-order valence-corrected chi connectivity index (χ3v) is 4.94. The summed E-state index contributed by atoms with van der Waals surface area (Å²) in [6.45, 7) is 4.99. The van der Waals surface area contributed by atoms with Crippen LogP contribution < -0.4 is 15.1 Å². The van der Waals surface area contributed by atoms with Crippen molar-refractivity contribution in [3.63, 3.8) is 0 Å². The fourth-order valence-corrected chi connectivity index (χ4v) is 3.28. The minimum atomic E-state index is -0.262. The van der Waals surface area contributed by atoms with Gasteiger partial charge in [-0.2, -0.15) is 0 Å². The van der Waals surface area contributed by atoms with E-state index in [0.717, 1.165) is 43.1 Å². The number of hydrogen-bond acceptors (Lipinski definition) is 5. The summed E-state index contributed by atoms with van der Waals surface area (Å²) in [6, 6.07) is 15.8. The van der Waals surface area contributed by atoms with E-state index in [4.69, 9.17) is 0 Å². The van der Waals surface area contributed by atoms with Crippen LogP contribution in [0.5, 0.6) is 0 Å². The zero-order valence-corrected chi connectivity index (χ0v) is 16.2. The van der Waals surface area contributed by atoms with Gasteiger partial charge in [0.05, 0.1) is 0 Å². The van der Waals surface area contributed by atoms with Gasteiger partial charge in [0.25, 0.3) is 5.91 Å². The van der Waals surface area contributed by atoms with E-state index in [1.807, 2.05) is 31.2 Å². The van der Waals surface area contributed by atoms with Crippen LogP contribution in [0.3, 0.4) is 0 Å². The number of anilines is 3. The average molecular weight is 391 g/mol. The molecule has 0 bridgehead atoms. The number of carbonyl (C=O) groups is 1. The molecule has 1 aliphatic rings. The summed E-state index contributed by atoms with van der Waals surface area (Å²) < 4.78 is 13.1. The highest BCUT2D eigenvalue weighted by Crippen LogP contribution is 2.19. The number of aryl methyl sites for hydroxylation is 1. The number of halogens is 1. The van der Waals surface area contributed by atoms with Crippen molar-refractivity contribution in [3.05, 3.63) is 77.9 Å². The molecule has 1 N–H and O–H groups in total. The number of piperazine rings is 1. The summed E-state index contributed by atoms with van der Waals surface area (Å²) >= 11 is 0. The maximum Gasteiger partial charge on any atom is 0.274 e. The number of aromatic nitrogens is 2. The van der Waals surface area contributed by atoms with E-state index in [0.29, 0.717) is 11.6 Å². The highest BCUT2D eigenvalue weighted by Gasteiger charge is 2.20. The second kappa shape index (κ2) is 8.26. The predicted octanol–water partition coefficient (Wildman–Crippen LogP) is 3.50. The largest absolute Gasteiger partial charge is 0.368 e. The number of benzene rings is 2. The van der Waals surface area contributed by atoms with Crippen LogP contribution in [0.1, 0.15) is 16.1 Å². The van der Waals surface area contributed by atoms with Crippen LogP contribution in [-0.4, -0.2) is 42.1 Å². The Labute approximate surface area is 169 Å². The van der Waals surface area contributed by atoms with Gasteiger partial charge in [0, 0.05) is 43.8 Å². The molecule has 29 heavy (non-hydrogen) atoms. The van der Waals surface area contributed by atoms with Gasteiger partial charge in [0.2, 0.25) is 5.95 Å². The Morgan fingerprint density at radius 1 is 0.931 bits per heavy atom.